The molecule has 3 N–H and O–H groups in total. The highest BCUT2D eigenvalue weighted by atomic mass is 16.2. The number of nitrogens with zero attached hydrogens (tertiary/aromatic N) is 1. The number of benzene rings is 2. The van der Waals surface area contributed by atoms with Gasteiger partial charge in [-0.1, -0.05) is 30.3 Å². The SMILES string of the molecule is CC1C(=O)N(C(=O)[C@H](C)NC(=O)CC2CC2)c2cccc(N)c2-c2ccccc21. The minimum atomic E-state index is -0.812. The van der Waals surface area contributed by atoms with E-state index in [1.165, 1.54) is 4.90 Å². The van der Waals surface area contributed by atoms with Crippen LogP contribution in [-0.2, 0) is 14.4 Å². The molecule has 6 heteroatoms. The zero-order chi connectivity index (χ0) is 20.7. The first-order chi connectivity index (χ1) is 13.9. The predicted molar refractivity (Wildman–Crippen MR) is 112 cm³/mol. The molecule has 0 radical (unpaired) electrons. The van der Waals surface area contributed by atoms with Crippen molar-refractivity contribution in [3.63, 3.8) is 0 Å². The smallest absolute Gasteiger partial charge is 0.256 e. The summed E-state index contributed by atoms with van der Waals surface area (Å²) in [7, 11) is 0. The number of fused-ring (bicyclic) bond motifs is 3. The molecule has 2 aromatic rings. The number of nitrogens with two attached hydrogens (primary N) is 1. The van der Waals surface area contributed by atoms with Gasteiger partial charge >= 0.3 is 0 Å². The molecule has 1 aliphatic heterocycles. The quantitative estimate of drug-likeness (QED) is 0.783. The Morgan fingerprint density at radius 2 is 1.90 bits per heavy atom. The molecule has 1 unspecified atom stereocenters. The summed E-state index contributed by atoms with van der Waals surface area (Å²) in [5, 5.41) is 2.76. The van der Waals surface area contributed by atoms with E-state index in [2.05, 4.69) is 5.32 Å². The molecule has 0 bridgehead atoms. The normalized spacial score (nSPS) is 19.0. The van der Waals surface area contributed by atoms with E-state index in [-0.39, 0.29) is 11.8 Å². The van der Waals surface area contributed by atoms with Crippen LogP contribution in [0.3, 0.4) is 0 Å². The maximum Gasteiger partial charge on any atom is 0.256 e. The first kappa shape index (κ1) is 19.2. The fourth-order valence-electron chi connectivity index (χ4n) is 3.95. The van der Waals surface area contributed by atoms with Gasteiger partial charge in [-0.2, -0.15) is 0 Å². The van der Waals surface area contributed by atoms with Crippen LogP contribution in [0.2, 0.25) is 0 Å². The Morgan fingerprint density at radius 3 is 2.62 bits per heavy atom. The van der Waals surface area contributed by atoms with E-state index in [1.54, 1.807) is 32.0 Å². The Hall–Kier alpha value is -3.15. The summed E-state index contributed by atoms with van der Waals surface area (Å²) in [5.41, 5.74) is 9.59. The summed E-state index contributed by atoms with van der Waals surface area (Å²) in [6.45, 7) is 3.41. The van der Waals surface area contributed by atoms with Crippen LogP contribution < -0.4 is 16.0 Å². The van der Waals surface area contributed by atoms with Gasteiger partial charge in [-0.3, -0.25) is 14.4 Å². The van der Waals surface area contributed by atoms with E-state index in [9.17, 15) is 14.4 Å². The molecule has 1 aliphatic carbocycles. The van der Waals surface area contributed by atoms with Gasteiger partial charge in [0.15, 0.2) is 0 Å². The van der Waals surface area contributed by atoms with E-state index in [0.29, 0.717) is 29.3 Å². The topological polar surface area (TPSA) is 92.5 Å². The summed E-state index contributed by atoms with van der Waals surface area (Å²) >= 11 is 0. The largest absolute Gasteiger partial charge is 0.398 e. The molecule has 1 saturated carbocycles. The Balaban J connectivity index is 1.73. The number of nitrogen functional groups attached to an aromatic ring is 1. The maximum atomic E-state index is 13.4. The molecule has 2 aliphatic rings. The van der Waals surface area contributed by atoms with Gasteiger partial charge in [-0.15, -0.1) is 0 Å². The van der Waals surface area contributed by atoms with Crippen LogP contribution in [0.25, 0.3) is 11.1 Å². The fourth-order valence-corrected chi connectivity index (χ4v) is 3.95. The summed E-state index contributed by atoms with van der Waals surface area (Å²) in [5.74, 6) is -1.02. The first-order valence-electron chi connectivity index (χ1n) is 10.0. The molecule has 29 heavy (non-hydrogen) atoms. The molecule has 4 rings (SSSR count). The predicted octanol–water partition coefficient (Wildman–Crippen LogP) is 3.22. The van der Waals surface area contributed by atoms with Crippen molar-refractivity contribution in [2.24, 2.45) is 5.92 Å². The Bertz CT molecular complexity index is 997. The van der Waals surface area contributed by atoms with Gasteiger partial charge in [0.2, 0.25) is 11.8 Å². The van der Waals surface area contributed by atoms with E-state index >= 15 is 0 Å². The van der Waals surface area contributed by atoms with Crippen molar-refractivity contribution < 1.29 is 14.4 Å². The molecule has 3 amide bonds. The van der Waals surface area contributed by atoms with Gasteiger partial charge in [-0.05, 0) is 55.9 Å². The number of hydrogen-bond donors (Lipinski definition) is 2. The third kappa shape index (κ3) is 3.50. The highest BCUT2D eigenvalue weighted by molar-refractivity contribution is 6.22. The van der Waals surface area contributed by atoms with Gasteiger partial charge in [0.25, 0.3) is 5.91 Å². The molecule has 2 aromatic carbocycles. The number of amides is 3. The van der Waals surface area contributed by atoms with Crippen molar-refractivity contribution in [3.8, 4) is 11.1 Å². The molecule has 0 spiro atoms. The summed E-state index contributed by atoms with van der Waals surface area (Å²) in [4.78, 5) is 40.1. The number of hydrogen-bond acceptors (Lipinski definition) is 4. The highest BCUT2D eigenvalue weighted by Gasteiger charge is 2.38. The van der Waals surface area contributed by atoms with E-state index < -0.39 is 17.9 Å². The van der Waals surface area contributed by atoms with Crippen LogP contribution in [0, 0.1) is 5.92 Å². The minimum absolute atomic E-state index is 0.153. The molecule has 1 heterocycles. The van der Waals surface area contributed by atoms with Gasteiger partial charge in [0, 0.05) is 17.7 Å². The molecule has 2 atom stereocenters. The second-order valence-electron chi connectivity index (χ2n) is 8.00. The highest BCUT2D eigenvalue weighted by Crippen LogP contribution is 2.44. The van der Waals surface area contributed by atoms with Gasteiger partial charge in [0.05, 0.1) is 11.6 Å². The second-order valence-corrected chi connectivity index (χ2v) is 8.00. The second kappa shape index (κ2) is 7.35. The zero-order valence-corrected chi connectivity index (χ0v) is 16.6. The minimum Gasteiger partial charge on any atom is -0.398 e. The standard InChI is InChI=1S/C23H25N3O3/c1-13-16-6-3-4-7-17(16)21-18(24)8-5-9-19(21)26(22(13)28)23(29)14(2)25-20(27)12-15-10-11-15/h3-9,13-15H,10-12,24H2,1-2H3,(H,25,27)/t13?,14-/m0/s1. The lowest BCUT2D eigenvalue weighted by atomic mass is 9.92. The monoisotopic (exact) mass is 391 g/mol. The number of rotatable bonds is 4. The summed E-state index contributed by atoms with van der Waals surface area (Å²) in [6, 6.07) is 12.0. The molecular weight excluding hydrogens is 366 g/mol. The molecule has 0 aromatic heterocycles. The maximum absolute atomic E-state index is 13.4. The van der Waals surface area contributed by atoms with Crippen molar-refractivity contribution in [2.45, 2.75) is 45.1 Å². The summed E-state index contributed by atoms with van der Waals surface area (Å²) in [6.07, 6.45) is 2.54. The molecule has 1 fully saturated rings. The van der Waals surface area contributed by atoms with Crippen LogP contribution in [0.15, 0.2) is 42.5 Å². The average molecular weight is 391 g/mol. The third-order valence-electron chi connectivity index (χ3n) is 5.74. The molecular formula is C23H25N3O3. The van der Waals surface area contributed by atoms with Crippen molar-refractivity contribution in [1.82, 2.24) is 5.32 Å². The lowest BCUT2D eigenvalue weighted by Gasteiger charge is -2.26. The Labute approximate surface area is 170 Å². The van der Waals surface area contributed by atoms with Gasteiger partial charge in [-0.25, -0.2) is 4.90 Å². The summed E-state index contributed by atoms with van der Waals surface area (Å²) < 4.78 is 0. The number of nitrogens with one attached hydrogen (secondary N) is 1. The number of carbonyl (C=O) groups is 3. The van der Waals surface area contributed by atoms with Crippen molar-refractivity contribution in [1.29, 1.82) is 0 Å². The van der Waals surface area contributed by atoms with Crippen LogP contribution in [0.4, 0.5) is 11.4 Å². The Morgan fingerprint density at radius 1 is 1.17 bits per heavy atom. The van der Waals surface area contributed by atoms with Crippen molar-refractivity contribution >= 4 is 29.1 Å². The van der Waals surface area contributed by atoms with Crippen molar-refractivity contribution in [3.05, 3.63) is 48.0 Å². The van der Waals surface area contributed by atoms with Gasteiger partial charge < -0.3 is 11.1 Å². The first-order valence-corrected chi connectivity index (χ1v) is 10.0. The fraction of sp³-hybridized carbons (Fsp3) is 0.348. The lowest BCUT2D eigenvalue weighted by molar-refractivity contribution is -0.131. The van der Waals surface area contributed by atoms with E-state index in [0.717, 1.165) is 24.0 Å². The molecule has 0 saturated heterocycles. The lowest BCUT2D eigenvalue weighted by Crippen LogP contribution is -2.50. The molecule has 150 valence electrons. The zero-order valence-electron chi connectivity index (χ0n) is 16.6. The van der Waals surface area contributed by atoms with Gasteiger partial charge in [0.1, 0.15) is 6.04 Å². The number of carbonyl (C=O) groups excluding carboxylic acids is 3. The van der Waals surface area contributed by atoms with Crippen LogP contribution in [-0.4, -0.2) is 23.8 Å². The van der Waals surface area contributed by atoms with Crippen LogP contribution in [0.5, 0.6) is 0 Å². The van der Waals surface area contributed by atoms with Crippen LogP contribution >= 0.6 is 0 Å². The number of anilines is 2. The van der Waals surface area contributed by atoms with Crippen molar-refractivity contribution in [2.75, 3.05) is 10.6 Å². The van der Waals surface area contributed by atoms with E-state index in [1.807, 2.05) is 24.3 Å². The van der Waals surface area contributed by atoms with Crippen LogP contribution in [0.1, 0.15) is 44.6 Å². The molecule has 6 nitrogen and oxygen atoms in total. The van der Waals surface area contributed by atoms with E-state index in [4.69, 9.17) is 5.73 Å². The number of imide groups is 1. The Kier molecular flexibility index (Phi) is 4.86. The third-order valence-corrected chi connectivity index (χ3v) is 5.74. The average Bonchev–Trinajstić information content (AvgIpc) is 3.51.